The first-order valence-electron chi connectivity index (χ1n) is 5.70. The maximum atomic E-state index is 10.8. The van der Waals surface area contributed by atoms with E-state index in [0.29, 0.717) is 11.3 Å². The van der Waals surface area contributed by atoms with E-state index in [0.717, 1.165) is 0 Å². The fraction of sp³-hybridized carbons (Fsp3) is 0.154. The summed E-state index contributed by atoms with van der Waals surface area (Å²) >= 11 is 0. The number of aliphatic hydroxyl groups excluding tert-OH is 1. The van der Waals surface area contributed by atoms with Gasteiger partial charge in [-0.05, 0) is 17.7 Å². The van der Waals surface area contributed by atoms with Crippen molar-refractivity contribution in [3.05, 3.63) is 52.2 Å². The van der Waals surface area contributed by atoms with Crippen LogP contribution in [0.15, 0.2) is 36.5 Å². The zero-order valence-electron chi connectivity index (χ0n) is 10.6. The lowest BCUT2D eigenvalue weighted by Gasteiger charge is -2.09. The number of pyridine rings is 1. The van der Waals surface area contributed by atoms with Crippen molar-refractivity contribution in [1.29, 1.82) is 0 Å². The van der Waals surface area contributed by atoms with Crippen molar-refractivity contribution in [1.82, 2.24) is 4.98 Å². The van der Waals surface area contributed by atoms with Gasteiger partial charge in [0.2, 0.25) is 5.88 Å². The van der Waals surface area contributed by atoms with Gasteiger partial charge in [0.25, 0.3) is 5.69 Å². The second-order valence-electron chi connectivity index (χ2n) is 3.86. The van der Waals surface area contributed by atoms with Crippen molar-refractivity contribution in [3.8, 4) is 17.4 Å². The highest BCUT2D eigenvalue weighted by Crippen LogP contribution is 2.33. The number of nitro benzene ring substituents is 1. The molecule has 0 fully saturated rings. The molecule has 1 aromatic heterocycles. The van der Waals surface area contributed by atoms with Crippen LogP contribution in [0.3, 0.4) is 0 Å². The third kappa shape index (κ3) is 3.01. The molecule has 0 radical (unpaired) electrons. The second-order valence-corrected chi connectivity index (χ2v) is 3.86. The Morgan fingerprint density at radius 1 is 1.30 bits per heavy atom. The molecule has 0 unspecified atom stereocenters. The van der Waals surface area contributed by atoms with Crippen molar-refractivity contribution < 1.29 is 19.5 Å². The highest BCUT2D eigenvalue weighted by molar-refractivity contribution is 5.49. The number of nitrogens with zero attached hydrogens (tertiary/aromatic N) is 2. The maximum Gasteiger partial charge on any atom is 0.273 e. The number of hydrogen-bond acceptors (Lipinski definition) is 6. The molecule has 0 aliphatic carbocycles. The van der Waals surface area contributed by atoms with E-state index in [1.165, 1.54) is 31.5 Å². The van der Waals surface area contributed by atoms with Gasteiger partial charge in [-0.3, -0.25) is 10.1 Å². The van der Waals surface area contributed by atoms with Crippen LogP contribution in [-0.4, -0.2) is 22.1 Å². The largest absolute Gasteiger partial charge is 0.493 e. The van der Waals surface area contributed by atoms with Crippen molar-refractivity contribution in [2.24, 2.45) is 0 Å². The van der Waals surface area contributed by atoms with Crippen LogP contribution >= 0.6 is 0 Å². The minimum absolute atomic E-state index is 0.104. The Balaban J connectivity index is 2.30. The Hall–Kier alpha value is -2.67. The number of nitro groups is 1. The van der Waals surface area contributed by atoms with Crippen LogP contribution in [0.25, 0.3) is 0 Å². The molecule has 0 amide bonds. The summed E-state index contributed by atoms with van der Waals surface area (Å²) in [7, 11) is 1.44. The summed E-state index contributed by atoms with van der Waals surface area (Å²) in [5.74, 6) is 0.815. The number of aliphatic hydroxyl groups is 1. The van der Waals surface area contributed by atoms with Crippen molar-refractivity contribution in [2.75, 3.05) is 7.11 Å². The number of non-ortho nitro benzene ring substituents is 1. The summed E-state index contributed by atoms with van der Waals surface area (Å²) in [6, 6.07) is 7.25. The third-order valence-corrected chi connectivity index (χ3v) is 2.55. The lowest BCUT2D eigenvalue weighted by molar-refractivity contribution is -0.384. The summed E-state index contributed by atoms with van der Waals surface area (Å²) in [5, 5.41) is 19.7. The van der Waals surface area contributed by atoms with Crippen LogP contribution < -0.4 is 9.47 Å². The number of rotatable bonds is 5. The Kier molecular flexibility index (Phi) is 4.11. The minimum Gasteiger partial charge on any atom is -0.493 e. The minimum atomic E-state index is -0.519. The van der Waals surface area contributed by atoms with Crippen molar-refractivity contribution in [2.45, 2.75) is 6.61 Å². The molecule has 7 heteroatoms. The number of hydrogen-bond donors (Lipinski definition) is 1. The number of benzene rings is 1. The Morgan fingerprint density at radius 3 is 2.65 bits per heavy atom. The average molecular weight is 276 g/mol. The van der Waals surface area contributed by atoms with E-state index in [-0.39, 0.29) is 23.9 Å². The van der Waals surface area contributed by atoms with E-state index in [1.807, 2.05) is 0 Å². The van der Waals surface area contributed by atoms with Gasteiger partial charge in [-0.15, -0.1) is 0 Å². The van der Waals surface area contributed by atoms with E-state index in [2.05, 4.69) is 4.98 Å². The predicted molar refractivity (Wildman–Crippen MR) is 69.9 cm³/mol. The SMILES string of the molecule is COc1ccc([N+](=O)[O-])cc1Oc1ccc(CO)cn1. The smallest absolute Gasteiger partial charge is 0.273 e. The van der Waals surface area contributed by atoms with Crippen LogP contribution in [0.5, 0.6) is 17.4 Å². The first-order valence-corrected chi connectivity index (χ1v) is 5.70. The van der Waals surface area contributed by atoms with E-state index in [4.69, 9.17) is 14.6 Å². The molecule has 0 bridgehead atoms. The van der Waals surface area contributed by atoms with Gasteiger partial charge in [-0.2, -0.15) is 0 Å². The van der Waals surface area contributed by atoms with Crippen LogP contribution in [0.2, 0.25) is 0 Å². The first kappa shape index (κ1) is 13.8. The third-order valence-electron chi connectivity index (χ3n) is 2.55. The van der Waals surface area contributed by atoms with Gasteiger partial charge in [0.05, 0.1) is 24.7 Å². The summed E-state index contributed by atoms with van der Waals surface area (Å²) < 4.78 is 10.6. The fourth-order valence-electron chi connectivity index (χ4n) is 1.54. The Labute approximate surface area is 114 Å². The summed E-state index contributed by atoms with van der Waals surface area (Å²) in [6.07, 6.45) is 1.46. The topological polar surface area (TPSA) is 94.7 Å². The molecule has 0 atom stereocenters. The quantitative estimate of drug-likeness (QED) is 0.665. The van der Waals surface area contributed by atoms with Crippen LogP contribution in [-0.2, 0) is 6.61 Å². The molecule has 0 aliphatic heterocycles. The van der Waals surface area contributed by atoms with Gasteiger partial charge in [0.15, 0.2) is 11.5 Å². The molecular weight excluding hydrogens is 264 g/mol. The molecule has 104 valence electrons. The molecule has 2 aromatic rings. The summed E-state index contributed by atoms with van der Waals surface area (Å²) in [6.45, 7) is -0.118. The van der Waals surface area contributed by atoms with Crippen LogP contribution in [0.1, 0.15) is 5.56 Å². The van der Waals surface area contributed by atoms with Crippen LogP contribution in [0.4, 0.5) is 5.69 Å². The molecule has 0 saturated carbocycles. The maximum absolute atomic E-state index is 10.8. The van der Waals surface area contributed by atoms with Gasteiger partial charge in [0.1, 0.15) is 0 Å². The van der Waals surface area contributed by atoms with Crippen molar-refractivity contribution >= 4 is 5.69 Å². The van der Waals surface area contributed by atoms with Crippen LogP contribution in [0, 0.1) is 10.1 Å². The van der Waals surface area contributed by atoms with E-state index < -0.39 is 4.92 Å². The highest BCUT2D eigenvalue weighted by Gasteiger charge is 2.13. The summed E-state index contributed by atoms with van der Waals surface area (Å²) in [4.78, 5) is 14.2. The highest BCUT2D eigenvalue weighted by atomic mass is 16.6. The predicted octanol–water partition coefficient (Wildman–Crippen LogP) is 2.28. The standard InChI is InChI=1S/C13H12N2O5/c1-19-11-4-3-10(15(17)18)6-12(11)20-13-5-2-9(8-16)7-14-13/h2-7,16H,8H2,1H3. The zero-order valence-corrected chi connectivity index (χ0v) is 10.6. The van der Waals surface area contributed by atoms with Gasteiger partial charge in [-0.1, -0.05) is 0 Å². The molecule has 0 saturated heterocycles. The molecule has 1 N–H and O–H groups in total. The molecular formula is C13H12N2O5. The van der Waals surface area contributed by atoms with Gasteiger partial charge >= 0.3 is 0 Å². The lowest BCUT2D eigenvalue weighted by atomic mass is 10.3. The van der Waals surface area contributed by atoms with E-state index in [9.17, 15) is 10.1 Å². The lowest BCUT2D eigenvalue weighted by Crippen LogP contribution is -1.95. The van der Waals surface area contributed by atoms with Gasteiger partial charge in [0, 0.05) is 18.3 Å². The van der Waals surface area contributed by atoms with E-state index in [1.54, 1.807) is 12.1 Å². The molecule has 20 heavy (non-hydrogen) atoms. The average Bonchev–Trinajstić information content (AvgIpc) is 2.48. The molecule has 1 heterocycles. The van der Waals surface area contributed by atoms with Crippen molar-refractivity contribution in [3.63, 3.8) is 0 Å². The summed E-state index contributed by atoms with van der Waals surface area (Å²) in [5.41, 5.74) is 0.538. The molecule has 7 nitrogen and oxygen atoms in total. The van der Waals surface area contributed by atoms with Gasteiger partial charge < -0.3 is 14.6 Å². The zero-order chi connectivity index (χ0) is 14.5. The normalized spacial score (nSPS) is 10.1. The molecule has 0 spiro atoms. The fourth-order valence-corrected chi connectivity index (χ4v) is 1.54. The van der Waals surface area contributed by atoms with Gasteiger partial charge in [-0.25, -0.2) is 4.98 Å². The number of methoxy groups -OCH3 is 1. The molecule has 2 rings (SSSR count). The first-order chi connectivity index (χ1) is 9.63. The van der Waals surface area contributed by atoms with E-state index >= 15 is 0 Å². The Bertz CT molecular complexity index is 613. The number of ether oxygens (including phenoxy) is 2. The Morgan fingerprint density at radius 2 is 2.10 bits per heavy atom. The second kappa shape index (κ2) is 5.98. The molecule has 1 aromatic carbocycles. The number of aromatic nitrogens is 1. The monoisotopic (exact) mass is 276 g/mol. The molecule has 0 aliphatic rings.